The third kappa shape index (κ3) is 3.93. The van der Waals surface area contributed by atoms with Crippen LogP contribution in [-0.2, 0) is 16.0 Å². The van der Waals surface area contributed by atoms with Gasteiger partial charge in [-0.2, -0.15) is 0 Å². The lowest BCUT2D eigenvalue weighted by atomic mass is 10.0. The minimum atomic E-state index is -0.361. The number of H-pyrrole nitrogens is 1. The fraction of sp³-hybridized carbons (Fsp3) is 0.500. The second-order valence-electron chi connectivity index (χ2n) is 7.40. The number of rotatable bonds is 6. The van der Waals surface area contributed by atoms with Crippen LogP contribution in [0.25, 0.3) is 10.9 Å². The molecule has 1 aromatic carbocycles. The number of nitrogens with one attached hydrogen (secondary N) is 1. The smallest absolute Gasteiger partial charge is 0.253 e. The summed E-state index contributed by atoms with van der Waals surface area (Å²) < 4.78 is 12.4. The van der Waals surface area contributed by atoms with Crippen LogP contribution in [0.4, 0.5) is 0 Å². The molecule has 154 valence electrons. The summed E-state index contributed by atoms with van der Waals surface area (Å²) in [7, 11) is 1.64. The number of morpholine rings is 1. The molecule has 1 aliphatic rings. The summed E-state index contributed by atoms with van der Waals surface area (Å²) in [6, 6.07) is 5.78. The van der Waals surface area contributed by atoms with E-state index in [1.807, 2.05) is 13.0 Å². The van der Waals surface area contributed by atoms with Crippen molar-refractivity contribution in [3.05, 3.63) is 51.1 Å². The number of nitrogens with zero attached hydrogens (tertiary/aromatic N) is 5. The van der Waals surface area contributed by atoms with E-state index in [1.54, 1.807) is 11.8 Å². The van der Waals surface area contributed by atoms with Gasteiger partial charge in [-0.3, -0.25) is 9.69 Å². The molecule has 0 aliphatic carbocycles. The van der Waals surface area contributed by atoms with E-state index in [2.05, 4.69) is 44.5 Å². The second kappa shape index (κ2) is 8.40. The summed E-state index contributed by atoms with van der Waals surface area (Å²) in [5.74, 6) is 0.637. The number of hydrogen-bond donors (Lipinski definition) is 1. The van der Waals surface area contributed by atoms with Gasteiger partial charge in [-0.1, -0.05) is 11.6 Å². The molecule has 3 aromatic rings. The number of ether oxygens (including phenoxy) is 2. The van der Waals surface area contributed by atoms with Crippen LogP contribution in [0.1, 0.15) is 28.6 Å². The second-order valence-corrected chi connectivity index (χ2v) is 7.40. The first kappa shape index (κ1) is 19.7. The van der Waals surface area contributed by atoms with Crippen LogP contribution in [-0.4, -0.2) is 70.1 Å². The van der Waals surface area contributed by atoms with Gasteiger partial charge in [-0.25, -0.2) is 4.68 Å². The summed E-state index contributed by atoms with van der Waals surface area (Å²) in [6.07, 6.45) is 0. The van der Waals surface area contributed by atoms with Crippen molar-refractivity contribution in [2.24, 2.45) is 0 Å². The third-order valence-electron chi connectivity index (χ3n) is 5.34. The molecule has 4 rings (SSSR count). The van der Waals surface area contributed by atoms with Crippen molar-refractivity contribution in [3.63, 3.8) is 0 Å². The minimum Gasteiger partial charge on any atom is -0.383 e. The van der Waals surface area contributed by atoms with Crippen molar-refractivity contribution in [2.45, 2.75) is 26.4 Å². The number of tetrazole rings is 1. The molecule has 29 heavy (non-hydrogen) atoms. The van der Waals surface area contributed by atoms with Gasteiger partial charge in [0.15, 0.2) is 5.82 Å². The number of methoxy groups -OCH3 is 1. The Morgan fingerprint density at radius 3 is 2.79 bits per heavy atom. The zero-order valence-corrected chi connectivity index (χ0v) is 17.0. The lowest BCUT2D eigenvalue weighted by molar-refractivity contribution is 0.0211. The topological polar surface area (TPSA) is 98.2 Å². The predicted octanol–water partition coefficient (Wildman–Crippen LogP) is 1.20. The van der Waals surface area contributed by atoms with Crippen LogP contribution in [0.5, 0.6) is 0 Å². The molecule has 0 unspecified atom stereocenters. The molecule has 1 aliphatic heterocycles. The van der Waals surface area contributed by atoms with E-state index in [0.717, 1.165) is 22.0 Å². The van der Waals surface area contributed by atoms with Crippen molar-refractivity contribution in [3.8, 4) is 0 Å². The van der Waals surface area contributed by atoms with Crippen molar-refractivity contribution in [2.75, 3.05) is 40.0 Å². The molecule has 1 N–H and O–H groups in total. The van der Waals surface area contributed by atoms with E-state index < -0.39 is 0 Å². The maximum atomic E-state index is 13.2. The highest BCUT2D eigenvalue weighted by molar-refractivity contribution is 5.83. The molecule has 2 aromatic heterocycles. The highest BCUT2D eigenvalue weighted by atomic mass is 16.5. The van der Waals surface area contributed by atoms with E-state index in [-0.39, 0.29) is 11.6 Å². The van der Waals surface area contributed by atoms with Gasteiger partial charge in [0.1, 0.15) is 6.04 Å². The largest absolute Gasteiger partial charge is 0.383 e. The maximum Gasteiger partial charge on any atom is 0.253 e. The SMILES string of the molecule is COCCn1nnnc1[C@@H](c1cc2cc(C)cc(C)c2[nH]c1=O)N1CCOCC1. The van der Waals surface area contributed by atoms with Gasteiger partial charge >= 0.3 is 0 Å². The number of aromatic nitrogens is 5. The fourth-order valence-corrected chi connectivity index (χ4v) is 3.99. The fourth-order valence-electron chi connectivity index (χ4n) is 3.99. The number of hydrogen-bond acceptors (Lipinski definition) is 7. The van der Waals surface area contributed by atoms with Gasteiger partial charge < -0.3 is 14.5 Å². The van der Waals surface area contributed by atoms with E-state index in [4.69, 9.17) is 9.47 Å². The molecule has 1 fully saturated rings. The third-order valence-corrected chi connectivity index (χ3v) is 5.34. The van der Waals surface area contributed by atoms with Crippen LogP contribution in [0.2, 0.25) is 0 Å². The number of benzene rings is 1. The Balaban J connectivity index is 1.86. The molecule has 0 radical (unpaired) electrons. The molecular formula is C20H26N6O3. The molecule has 0 spiro atoms. The van der Waals surface area contributed by atoms with E-state index in [0.29, 0.717) is 50.8 Å². The molecule has 9 nitrogen and oxygen atoms in total. The average molecular weight is 398 g/mol. The zero-order chi connectivity index (χ0) is 20.4. The first-order chi connectivity index (χ1) is 14.1. The summed E-state index contributed by atoms with van der Waals surface area (Å²) in [6.45, 7) is 7.69. The normalized spacial score (nSPS) is 16.4. The predicted molar refractivity (Wildman–Crippen MR) is 108 cm³/mol. The average Bonchev–Trinajstić information content (AvgIpc) is 3.16. The van der Waals surface area contributed by atoms with Gasteiger partial charge in [0, 0.05) is 25.8 Å². The lowest BCUT2D eigenvalue weighted by Crippen LogP contribution is -2.42. The molecule has 1 atom stereocenters. The van der Waals surface area contributed by atoms with Crippen LogP contribution >= 0.6 is 0 Å². The Kier molecular flexibility index (Phi) is 5.70. The van der Waals surface area contributed by atoms with Gasteiger partial charge in [0.05, 0.1) is 31.9 Å². The van der Waals surface area contributed by atoms with Crippen molar-refractivity contribution in [1.82, 2.24) is 30.1 Å². The first-order valence-corrected chi connectivity index (χ1v) is 9.79. The number of aromatic amines is 1. The lowest BCUT2D eigenvalue weighted by Gasteiger charge is -2.33. The van der Waals surface area contributed by atoms with Crippen LogP contribution < -0.4 is 5.56 Å². The maximum absolute atomic E-state index is 13.2. The van der Waals surface area contributed by atoms with E-state index in [1.165, 1.54) is 0 Å². The molecule has 9 heteroatoms. The summed E-state index contributed by atoms with van der Waals surface area (Å²) in [4.78, 5) is 18.4. The van der Waals surface area contributed by atoms with Crippen molar-refractivity contribution >= 4 is 10.9 Å². The summed E-state index contributed by atoms with van der Waals surface area (Å²) >= 11 is 0. The Morgan fingerprint density at radius 1 is 1.24 bits per heavy atom. The van der Waals surface area contributed by atoms with Crippen molar-refractivity contribution in [1.29, 1.82) is 0 Å². The van der Waals surface area contributed by atoms with Crippen molar-refractivity contribution < 1.29 is 9.47 Å². The first-order valence-electron chi connectivity index (χ1n) is 9.79. The zero-order valence-electron chi connectivity index (χ0n) is 17.0. The Hall–Kier alpha value is -2.62. The molecular weight excluding hydrogens is 372 g/mol. The summed E-state index contributed by atoms with van der Waals surface area (Å²) in [5, 5.41) is 13.3. The number of pyridine rings is 1. The monoisotopic (exact) mass is 398 g/mol. The Morgan fingerprint density at radius 2 is 2.03 bits per heavy atom. The highest BCUT2D eigenvalue weighted by Crippen LogP contribution is 2.28. The van der Waals surface area contributed by atoms with Gasteiger partial charge in [-0.15, -0.1) is 5.10 Å². The van der Waals surface area contributed by atoms with E-state index >= 15 is 0 Å². The van der Waals surface area contributed by atoms with Gasteiger partial charge in [0.2, 0.25) is 0 Å². The standard InChI is InChI=1S/C20H26N6O3/c1-13-10-14(2)17-15(11-13)12-16(20(27)21-17)18(25-4-8-29-9-5-25)19-22-23-24-26(19)6-7-28-3/h10-12,18H,4-9H2,1-3H3,(H,21,27)/t18-/m1/s1. The molecule has 3 heterocycles. The Labute approximate surface area is 168 Å². The molecule has 1 saturated heterocycles. The molecule has 0 amide bonds. The minimum absolute atomic E-state index is 0.123. The molecule has 0 saturated carbocycles. The van der Waals surface area contributed by atoms with Crippen LogP contribution in [0.3, 0.4) is 0 Å². The quantitative estimate of drug-likeness (QED) is 0.666. The van der Waals surface area contributed by atoms with Crippen LogP contribution in [0, 0.1) is 13.8 Å². The van der Waals surface area contributed by atoms with Gasteiger partial charge in [-0.05, 0) is 47.4 Å². The molecule has 0 bridgehead atoms. The highest BCUT2D eigenvalue weighted by Gasteiger charge is 2.31. The number of fused-ring (bicyclic) bond motifs is 1. The summed E-state index contributed by atoms with van der Waals surface area (Å²) in [5.41, 5.74) is 3.58. The van der Waals surface area contributed by atoms with Gasteiger partial charge in [0.25, 0.3) is 5.56 Å². The Bertz CT molecular complexity index is 1050. The number of aryl methyl sites for hydroxylation is 2. The van der Waals surface area contributed by atoms with E-state index in [9.17, 15) is 4.79 Å². The van der Waals surface area contributed by atoms with Crippen LogP contribution in [0.15, 0.2) is 23.0 Å².